The third-order valence-electron chi connectivity index (χ3n) is 4.27. The van der Waals surface area contributed by atoms with Gasteiger partial charge in [-0.2, -0.15) is 0 Å². The predicted octanol–water partition coefficient (Wildman–Crippen LogP) is 3.09. The molecule has 2 unspecified atom stereocenters. The Morgan fingerprint density at radius 2 is 2.00 bits per heavy atom. The second kappa shape index (κ2) is 6.06. The Labute approximate surface area is 117 Å². The van der Waals surface area contributed by atoms with E-state index in [1.165, 1.54) is 5.56 Å². The monoisotopic (exact) mass is 261 g/mol. The van der Waals surface area contributed by atoms with Gasteiger partial charge >= 0.3 is 0 Å². The molecular formula is C17H27NO. The summed E-state index contributed by atoms with van der Waals surface area (Å²) in [5, 5.41) is 14.2. The van der Waals surface area contributed by atoms with E-state index in [9.17, 15) is 5.11 Å². The van der Waals surface area contributed by atoms with Gasteiger partial charge < -0.3 is 10.4 Å². The van der Waals surface area contributed by atoms with Gasteiger partial charge in [-0.25, -0.2) is 0 Å². The highest BCUT2D eigenvalue weighted by Crippen LogP contribution is 2.33. The minimum absolute atomic E-state index is 0.317. The molecule has 1 aromatic rings. The van der Waals surface area contributed by atoms with Crippen LogP contribution in [0.3, 0.4) is 0 Å². The zero-order valence-corrected chi connectivity index (χ0v) is 12.4. The number of nitrogens with one attached hydrogen (secondary N) is 1. The molecule has 2 nitrogen and oxygen atoms in total. The Balaban J connectivity index is 2.11. The molecule has 1 aliphatic heterocycles. The Hall–Kier alpha value is -0.860. The van der Waals surface area contributed by atoms with Gasteiger partial charge in [0.25, 0.3) is 0 Å². The molecule has 1 saturated heterocycles. The molecule has 0 amide bonds. The van der Waals surface area contributed by atoms with Gasteiger partial charge in [0.15, 0.2) is 0 Å². The fraction of sp³-hybridized carbons (Fsp3) is 0.647. The molecule has 2 N–H and O–H groups in total. The lowest BCUT2D eigenvalue weighted by Gasteiger charge is -2.36. The lowest BCUT2D eigenvalue weighted by atomic mass is 9.78. The molecular weight excluding hydrogens is 234 g/mol. The normalized spacial score (nSPS) is 23.3. The topological polar surface area (TPSA) is 32.3 Å². The van der Waals surface area contributed by atoms with Crippen molar-refractivity contribution in [2.24, 2.45) is 11.8 Å². The van der Waals surface area contributed by atoms with Crippen LogP contribution in [0.25, 0.3) is 0 Å². The van der Waals surface area contributed by atoms with E-state index in [0.717, 1.165) is 37.9 Å². The number of hydrogen-bond donors (Lipinski definition) is 2. The van der Waals surface area contributed by atoms with Crippen LogP contribution in [0.2, 0.25) is 0 Å². The number of piperidine rings is 1. The predicted molar refractivity (Wildman–Crippen MR) is 80.1 cm³/mol. The van der Waals surface area contributed by atoms with Crippen LogP contribution in [0.4, 0.5) is 0 Å². The molecule has 0 saturated carbocycles. The standard InChI is InChI=1S/C17H27NO/c1-13(2)11-14-6-8-15(9-7-14)17(3,19)16-5-4-10-18-12-16/h6-9,13,16,18-19H,4-5,10-12H2,1-3H3. The summed E-state index contributed by atoms with van der Waals surface area (Å²) in [4.78, 5) is 0. The van der Waals surface area contributed by atoms with Gasteiger partial charge in [-0.1, -0.05) is 38.1 Å². The molecule has 1 aliphatic rings. The van der Waals surface area contributed by atoms with Crippen LogP contribution in [-0.2, 0) is 12.0 Å². The third-order valence-corrected chi connectivity index (χ3v) is 4.27. The van der Waals surface area contributed by atoms with Gasteiger partial charge in [0, 0.05) is 12.5 Å². The van der Waals surface area contributed by atoms with Crippen LogP contribution in [-0.4, -0.2) is 18.2 Å². The van der Waals surface area contributed by atoms with Crippen molar-refractivity contribution in [3.05, 3.63) is 35.4 Å². The van der Waals surface area contributed by atoms with Crippen molar-refractivity contribution in [3.8, 4) is 0 Å². The molecule has 2 rings (SSSR count). The van der Waals surface area contributed by atoms with E-state index in [4.69, 9.17) is 0 Å². The maximum atomic E-state index is 10.8. The summed E-state index contributed by atoms with van der Waals surface area (Å²) in [7, 11) is 0. The van der Waals surface area contributed by atoms with Crippen molar-refractivity contribution < 1.29 is 5.11 Å². The van der Waals surface area contributed by atoms with Crippen LogP contribution < -0.4 is 5.32 Å². The van der Waals surface area contributed by atoms with E-state index in [1.54, 1.807) is 0 Å². The molecule has 0 aromatic heterocycles. The fourth-order valence-corrected chi connectivity index (χ4v) is 3.02. The quantitative estimate of drug-likeness (QED) is 0.873. The van der Waals surface area contributed by atoms with Crippen LogP contribution in [0.15, 0.2) is 24.3 Å². The first-order valence-electron chi connectivity index (χ1n) is 7.52. The molecule has 0 radical (unpaired) electrons. The molecule has 19 heavy (non-hydrogen) atoms. The zero-order valence-electron chi connectivity index (χ0n) is 12.4. The number of benzene rings is 1. The SMILES string of the molecule is CC(C)Cc1ccc(C(C)(O)C2CCCNC2)cc1. The molecule has 1 heterocycles. The van der Waals surface area contributed by atoms with E-state index in [1.807, 2.05) is 6.92 Å². The number of rotatable bonds is 4. The van der Waals surface area contributed by atoms with Gasteiger partial charge in [-0.05, 0) is 49.8 Å². The lowest BCUT2D eigenvalue weighted by molar-refractivity contribution is -0.0156. The molecule has 0 aliphatic carbocycles. The average Bonchev–Trinajstić information content (AvgIpc) is 2.40. The van der Waals surface area contributed by atoms with E-state index in [-0.39, 0.29) is 0 Å². The van der Waals surface area contributed by atoms with Crippen molar-refractivity contribution >= 4 is 0 Å². The first-order valence-corrected chi connectivity index (χ1v) is 7.52. The molecule has 0 spiro atoms. The van der Waals surface area contributed by atoms with Crippen molar-refractivity contribution in [1.29, 1.82) is 0 Å². The molecule has 2 heteroatoms. The van der Waals surface area contributed by atoms with Gasteiger partial charge in [0.1, 0.15) is 0 Å². The summed E-state index contributed by atoms with van der Waals surface area (Å²) in [5.74, 6) is 0.992. The summed E-state index contributed by atoms with van der Waals surface area (Å²) in [6.07, 6.45) is 3.37. The highest BCUT2D eigenvalue weighted by molar-refractivity contribution is 5.28. The van der Waals surface area contributed by atoms with Gasteiger partial charge in [-0.15, -0.1) is 0 Å². The largest absolute Gasteiger partial charge is 0.385 e. The van der Waals surface area contributed by atoms with E-state index >= 15 is 0 Å². The Morgan fingerprint density at radius 3 is 2.53 bits per heavy atom. The number of hydrogen-bond acceptors (Lipinski definition) is 2. The highest BCUT2D eigenvalue weighted by Gasteiger charge is 2.34. The molecule has 2 atom stereocenters. The third kappa shape index (κ3) is 3.58. The Kier molecular flexibility index (Phi) is 4.64. The van der Waals surface area contributed by atoms with Crippen LogP contribution in [0, 0.1) is 11.8 Å². The van der Waals surface area contributed by atoms with E-state index < -0.39 is 5.60 Å². The summed E-state index contributed by atoms with van der Waals surface area (Å²) >= 11 is 0. The van der Waals surface area contributed by atoms with Crippen molar-refractivity contribution in [2.45, 2.75) is 45.6 Å². The van der Waals surface area contributed by atoms with E-state index in [2.05, 4.69) is 43.4 Å². The molecule has 0 bridgehead atoms. The average molecular weight is 261 g/mol. The Bertz CT molecular complexity index is 388. The van der Waals surface area contributed by atoms with Crippen molar-refractivity contribution in [3.63, 3.8) is 0 Å². The smallest absolute Gasteiger partial charge is 0.0908 e. The Morgan fingerprint density at radius 1 is 1.32 bits per heavy atom. The molecule has 1 aromatic carbocycles. The highest BCUT2D eigenvalue weighted by atomic mass is 16.3. The fourth-order valence-electron chi connectivity index (χ4n) is 3.02. The minimum atomic E-state index is -0.718. The maximum absolute atomic E-state index is 10.8. The van der Waals surface area contributed by atoms with Crippen LogP contribution in [0.1, 0.15) is 44.7 Å². The zero-order chi connectivity index (χ0) is 13.9. The van der Waals surface area contributed by atoms with Gasteiger partial charge in [-0.3, -0.25) is 0 Å². The summed E-state index contributed by atoms with van der Waals surface area (Å²) in [6.45, 7) is 8.43. The van der Waals surface area contributed by atoms with Crippen molar-refractivity contribution in [1.82, 2.24) is 5.32 Å². The first kappa shape index (κ1) is 14.5. The second-order valence-corrected chi connectivity index (χ2v) is 6.49. The molecule has 106 valence electrons. The van der Waals surface area contributed by atoms with Crippen LogP contribution in [0.5, 0.6) is 0 Å². The van der Waals surface area contributed by atoms with Crippen LogP contribution >= 0.6 is 0 Å². The minimum Gasteiger partial charge on any atom is -0.385 e. The summed E-state index contributed by atoms with van der Waals surface area (Å²) in [5.41, 5.74) is 1.69. The van der Waals surface area contributed by atoms with Gasteiger partial charge in [0.2, 0.25) is 0 Å². The summed E-state index contributed by atoms with van der Waals surface area (Å²) < 4.78 is 0. The summed E-state index contributed by atoms with van der Waals surface area (Å²) in [6, 6.07) is 8.54. The maximum Gasteiger partial charge on any atom is 0.0908 e. The number of aliphatic hydroxyl groups is 1. The molecule has 1 fully saturated rings. The lowest BCUT2D eigenvalue weighted by Crippen LogP contribution is -2.42. The van der Waals surface area contributed by atoms with Crippen molar-refractivity contribution in [2.75, 3.05) is 13.1 Å². The van der Waals surface area contributed by atoms with E-state index in [0.29, 0.717) is 11.8 Å². The van der Waals surface area contributed by atoms with Gasteiger partial charge in [0.05, 0.1) is 5.60 Å². The first-order chi connectivity index (χ1) is 9.00. The second-order valence-electron chi connectivity index (χ2n) is 6.49.